The monoisotopic (exact) mass is 509 g/mol. The van der Waals surface area contributed by atoms with Crippen molar-refractivity contribution >= 4 is 39.2 Å². The van der Waals surface area contributed by atoms with Crippen molar-refractivity contribution < 1.29 is 8.42 Å². The number of piperidine rings is 1. The molecule has 0 unspecified atom stereocenters. The normalized spacial score (nSPS) is 15.6. The molecule has 0 spiro atoms. The fourth-order valence-electron chi connectivity index (χ4n) is 3.78. The summed E-state index contributed by atoms with van der Waals surface area (Å²) in [6.07, 6.45) is 7.64. The SMILES string of the molecule is CNCc1ccc(-n2cc(-c3nc(NC4CCN(S(C)(=O)=O)CC4)ncc3Cl)cn2)c(Cl)c1. The van der Waals surface area contributed by atoms with Gasteiger partial charge in [-0.2, -0.15) is 5.10 Å². The molecule has 4 rings (SSSR count). The molecule has 33 heavy (non-hydrogen) atoms. The van der Waals surface area contributed by atoms with Crippen LogP contribution in [0, 0.1) is 0 Å². The highest BCUT2D eigenvalue weighted by Crippen LogP contribution is 2.29. The lowest BCUT2D eigenvalue weighted by Gasteiger charge is -2.30. The van der Waals surface area contributed by atoms with E-state index in [4.69, 9.17) is 23.2 Å². The maximum Gasteiger partial charge on any atom is 0.223 e. The van der Waals surface area contributed by atoms with Gasteiger partial charge in [-0.15, -0.1) is 0 Å². The number of anilines is 1. The van der Waals surface area contributed by atoms with E-state index >= 15 is 0 Å². The van der Waals surface area contributed by atoms with Gasteiger partial charge in [0.25, 0.3) is 0 Å². The average molecular weight is 510 g/mol. The predicted octanol–water partition coefficient (Wildman–Crippen LogP) is 3.19. The summed E-state index contributed by atoms with van der Waals surface area (Å²) in [4.78, 5) is 8.88. The largest absolute Gasteiger partial charge is 0.351 e. The Bertz CT molecular complexity index is 1240. The number of hydrogen-bond donors (Lipinski definition) is 2. The van der Waals surface area contributed by atoms with Gasteiger partial charge < -0.3 is 10.6 Å². The Morgan fingerprint density at radius 2 is 1.91 bits per heavy atom. The molecule has 1 aliphatic heterocycles. The highest BCUT2D eigenvalue weighted by atomic mass is 35.5. The van der Waals surface area contributed by atoms with Gasteiger partial charge in [0.1, 0.15) is 0 Å². The maximum absolute atomic E-state index is 11.7. The summed E-state index contributed by atoms with van der Waals surface area (Å²) < 4.78 is 26.6. The molecule has 1 fully saturated rings. The summed E-state index contributed by atoms with van der Waals surface area (Å²) in [7, 11) is -1.28. The smallest absolute Gasteiger partial charge is 0.223 e. The molecule has 2 N–H and O–H groups in total. The van der Waals surface area contributed by atoms with Gasteiger partial charge in [-0.1, -0.05) is 29.3 Å². The van der Waals surface area contributed by atoms with Crippen LogP contribution >= 0.6 is 23.2 Å². The van der Waals surface area contributed by atoms with Crippen molar-refractivity contribution in [1.29, 1.82) is 0 Å². The fourth-order valence-corrected chi connectivity index (χ4v) is 5.14. The Balaban J connectivity index is 1.51. The van der Waals surface area contributed by atoms with Crippen LogP contribution in [0.15, 0.2) is 36.8 Å². The molecule has 0 atom stereocenters. The second-order valence-corrected chi connectivity index (χ2v) is 10.8. The van der Waals surface area contributed by atoms with Crippen molar-refractivity contribution in [3.8, 4) is 16.9 Å². The summed E-state index contributed by atoms with van der Waals surface area (Å²) in [6, 6.07) is 5.90. The van der Waals surface area contributed by atoms with Gasteiger partial charge in [0.15, 0.2) is 0 Å². The third-order valence-corrected chi connectivity index (χ3v) is 7.38. The first-order valence-corrected chi connectivity index (χ1v) is 13.1. The van der Waals surface area contributed by atoms with Crippen molar-refractivity contribution in [3.05, 3.63) is 52.4 Å². The summed E-state index contributed by atoms with van der Waals surface area (Å²) in [5.74, 6) is 0.439. The van der Waals surface area contributed by atoms with E-state index in [1.807, 2.05) is 31.4 Å². The van der Waals surface area contributed by atoms with Crippen molar-refractivity contribution in [2.75, 3.05) is 31.7 Å². The topological polar surface area (TPSA) is 105 Å². The minimum Gasteiger partial charge on any atom is -0.351 e. The highest BCUT2D eigenvalue weighted by molar-refractivity contribution is 7.88. The Kier molecular flexibility index (Phi) is 7.20. The Morgan fingerprint density at radius 3 is 2.58 bits per heavy atom. The van der Waals surface area contributed by atoms with Crippen LogP contribution in [-0.4, -0.2) is 64.9 Å². The summed E-state index contributed by atoms with van der Waals surface area (Å²) in [5, 5.41) is 11.8. The second-order valence-electron chi connectivity index (χ2n) is 7.96. The zero-order chi connectivity index (χ0) is 23.6. The lowest BCUT2D eigenvalue weighted by molar-refractivity contribution is 0.331. The lowest BCUT2D eigenvalue weighted by atomic mass is 10.1. The van der Waals surface area contributed by atoms with Crippen LogP contribution in [-0.2, 0) is 16.6 Å². The first-order valence-electron chi connectivity index (χ1n) is 10.5. The van der Waals surface area contributed by atoms with Crippen LogP contribution in [0.1, 0.15) is 18.4 Å². The number of nitrogens with one attached hydrogen (secondary N) is 2. The second kappa shape index (κ2) is 9.94. The van der Waals surface area contributed by atoms with E-state index in [0.717, 1.165) is 23.4 Å². The van der Waals surface area contributed by atoms with Crippen molar-refractivity contribution in [2.24, 2.45) is 0 Å². The Hall–Kier alpha value is -2.24. The molecular weight excluding hydrogens is 485 g/mol. The third kappa shape index (κ3) is 5.64. The summed E-state index contributed by atoms with van der Waals surface area (Å²) in [5.41, 5.74) is 3.11. The van der Waals surface area contributed by atoms with Crippen LogP contribution in [0.5, 0.6) is 0 Å². The molecule has 3 aromatic rings. The van der Waals surface area contributed by atoms with E-state index < -0.39 is 10.0 Å². The molecule has 2 aromatic heterocycles. The van der Waals surface area contributed by atoms with E-state index in [1.165, 1.54) is 10.6 Å². The average Bonchev–Trinajstić information content (AvgIpc) is 3.25. The quantitative estimate of drug-likeness (QED) is 0.503. The van der Waals surface area contributed by atoms with Crippen LogP contribution in [0.4, 0.5) is 5.95 Å². The molecule has 0 aliphatic carbocycles. The maximum atomic E-state index is 11.7. The minimum absolute atomic E-state index is 0.0784. The molecule has 0 bridgehead atoms. The molecule has 0 saturated carbocycles. The summed E-state index contributed by atoms with van der Waals surface area (Å²) >= 11 is 12.9. The zero-order valence-electron chi connectivity index (χ0n) is 18.3. The van der Waals surface area contributed by atoms with Gasteiger partial charge in [0.05, 0.1) is 40.1 Å². The number of nitrogens with zero attached hydrogens (tertiary/aromatic N) is 5. The van der Waals surface area contributed by atoms with Gasteiger partial charge in [-0.05, 0) is 37.6 Å². The minimum atomic E-state index is -3.16. The van der Waals surface area contributed by atoms with Crippen molar-refractivity contribution in [2.45, 2.75) is 25.4 Å². The molecule has 1 aromatic carbocycles. The third-order valence-electron chi connectivity index (χ3n) is 5.50. The first kappa shape index (κ1) is 23.9. The van der Waals surface area contributed by atoms with E-state index in [9.17, 15) is 8.42 Å². The Morgan fingerprint density at radius 1 is 1.15 bits per heavy atom. The fraction of sp³-hybridized carbons (Fsp3) is 0.381. The van der Waals surface area contributed by atoms with E-state index in [2.05, 4.69) is 25.7 Å². The Labute approximate surface area is 203 Å². The molecule has 12 heteroatoms. The van der Waals surface area contributed by atoms with Gasteiger partial charge in [-0.25, -0.2) is 27.4 Å². The molecular formula is C21H25Cl2N7O2S. The molecule has 0 radical (unpaired) electrons. The number of aromatic nitrogens is 4. The number of benzene rings is 1. The van der Waals surface area contributed by atoms with Crippen LogP contribution < -0.4 is 10.6 Å². The van der Waals surface area contributed by atoms with E-state index in [0.29, 0.717) is 47.6 Å². The molecule has 0 amide bonds. The van der Waals surface area contributed by atoms with Crippen molar-refractivity contribution in [3.63, 3.8) is 0 Å². The first-order chi connectivity index (χ1) is 15.7. The summed E-state index contributed by atoms with van der Waals surface area (Å²) in [6.45, 7) is 1.67. The number of rotatable bonds is 7. The van der Waals surface area contributed by atoms with E-state index in [-0.39, 0.29) is 6.04 Å². The highest BCUT2D eigenvalue weighted by Gasteiger charge is 2.25. The standard InChI is InChI=1S/C21H25Cl2N7O2S/c1-24-10-14-3-4-19(17(22)9-14)30-13-15(11-26-30)20-18(23)12-25-21(28-20)27-16-5-7-29(8-6-16)33(2,31)32/h3-4,9,11-13,16,24H,5-8,10H2,1-2H3,(H,25,27,28). The van der Waals surface area contributed by atoms with Gasteiger partial charge >= 0.3 is 0 Å². The zero-order valence-corrected chi connectivity index (χ0v) is 20.6. The van der Waals surface area contributed by atoms with Crippen LogP contribution in [0.2, 0.25) is 10.0 Å². The van der Waals surface area contributed by atoms with Crippen LogP contribution in [0.3, 0.4) is 0 Å². The number of sulfonamides is 1. The lowest BCUT2D eigenvalue weighted by Crippen LogP contribution is -2.42. The van der Waals surface area contributed by atoms with Crippen LogP contribution in [0.25, 0.3) is 16.9 Å². The van der Waals surface area contributed by atoms with Gasteiger partial charge in [0, 0.05) is 37.4 Å². The van der Waals surface area contributed by atoms with Gasteiger partial charge in [0.2, 0.25) is 16.0 Å². The molecule has 1 aliphatic rings. The molecule has 3 heterocycles. The van der Waals surface area contributed by atoms with Crippen molar-refractivity contribution in [1.82, 2.24) is 29.4 Å². The van der Waals surface area contributed by atoms with E-state index in [1.54, 1.807) is 17.1 Å². The predicted molar refractivity (Wildman–Crippen MR) is 130 cm³/mol. The number of halogens is 2. The molecule has 176 valence electrons. The molecule has 1 saturated heterocycles. The molecule has 9 nitrogen and oxygen atoms in total. The van der Waals surface area contributed by atoms with Gasteiger partial charge in [-0.3, -0.25) is 0 Å². The number of hydrogen-bond acceptors (Lipinski definition) is 7.